The third-order valence-corrected chi connectivity index (χ3v) is 2.33. The summed E-state index contributed by atoms with van der Waals surface area (Å²) in [6, 6.07) is 6.38. The average Bonchev–Trinajstić information content (AvgIpc) is 2.30. The van der Waals surface area contributed by atoms with Gasteiger partial charge in [0.2, 0.25) is 0 Å². The minimum atomic E-state index is 0.529. The van der Waals surface area contributed by atoms with E-state index in [1.807, 2.05) is 13.8 Å². The summed E-state index contributed by atoms with van der Waals surface area (Å²) in [4.78, 5) is 0. The molecule has 0 bridgehead atoms. The van der Waals surface area contributed by atoms with E-state index in [1.54, 1.807) is 7.11 Å². The molecule has 0 amide bonds. The third kappa shape index (κ3) is 3.58. The van der Waals surface area contributed by atoms with Gasteiger partial charge in [-0.25, -0.2) is 0 Å². The maximum absolute atomic E-state index is 5.43. The largest absolute Gasteiger partial charge is 0.496 e. The van der Waals surface area contributed by atoms with Crippen molar-refractivity contribution in [1.82, 2.24) is 0 Å². The first-order valence-corrected chi connectivity index (χ1v) is 5.86. The fourth-order valence-corrected chi connectivity index (χ4v) is 1.59. The van der Waals surface area contributed by atoms with Crippen LogP contribution in [0.15, 0.2) is 18.2 Å². The van der Waals surface area contributed by atoms with Gasteiger partial charge in [-0.3, -0.25) is 0 Å². The SMILES string of the molecule is CC.CCc1cccc(C(C)C)c1OC. The van der Waals surface area contributed by atoms with E-state index >= 15 is 0 Å². The van der Waals surface area contributed by atoms with Gasteiger partial charge in [-0.15, -0.1) is 0 Å². The van der Waals surface area contributed by atoms with Gasteiger partial charge in [0.1, 0.15) is 5.75 Å². The Bertz CT molecular complexity index is 277. The van der Waals surface area contributed by atoms with Crippen LogP contribution in [0.4, 0.5) is 0 Å². The molecule has 0 heterocycles. The quantitative estimate of drug-likeness (QED) is 0.715. The summed E-state index contributed by atoms with van der Waals surface area (Å²) in [6.45, 7) is 10.5. The summed E-state index contributed by atoms with van der Waals surface area (Å²) in [6.07, 6.45) is 1.03. The number of benzene rings is 1. The van der Waals surface area contributed by atoms with Crippen LogP contribution >= 0.6 is 0 Å². The van der Waals surface area contributed by atoms with Gasteiger partial charge >= 0.3 is 0 Å². The molecule has 0 aromatic heterocycles. The number of methoxy groups -OCH3 is 1. The fourth-order valence-electron chi connectivity index (χ4n) is 1.59. The molecule has 0 aliphatic rings. The van der Waals surface area contributed by atoms with E-state index in [4.69, 9.17) is 4.74 Å². The van der Waals surface area contributed by atoms with Crippen LogP contribution in [0.3, 0.4) is 0 Å². The first-order chi connectivity index (χ1) is 7.20. The van der Waals surface area contributed by atoms with Gasteiger partial charge in [0.15, 0.2) is 0 Å². The van der Waals surface area contributed by atoms with Gasteiger partial charge in [0.05, 0.1) is 7.11 Å². The average molecular weight is 208 g/mol. The lowest BCUT2D eigenvalue weighted by Gasteiger charge is -2.14. The zero-order valence-corrected chi connectivity index (χ0v) is 10.9. The normalized spacial score (nSPS) is 9.53. The van der Waals surface area contributed by atoms with Crippen LogP contribution in [0.1, 0.15) is 51.7 Å². The third-order valence-electron chi connectivity index (χ3n) is 2.33. The predicted molar refractivity (Wildman–Crippen MR) is 67.8 cm³/mol. The monoisotopic (exact) mass is 208 g/mol. The molecule has 0 saturated carbocycles. The zero-order chi connectivity index (χ0) is 11.8. The van der Waals surface area contributed by atoms with E-state index < -0.39 is 0 Å². The molecular formula is C14H24O. The highest BCUT2D eigenvalue weighted by Crippen LogP contribution is 2.29. The molecule has 1 rings (SSSR count). The van der Waals surface area contributed by atoms with E-state index in [-0.39, 0.29) is 0 Å². The van der Waals surface area contributed by atoms with Crippen LogP contribution in [-0.2, 0) is 6.42 Å². The van der Waals surface area contributed by atoms with Crippen molar-refractivity contribution in [1.29, 1.82) is 0 Å². The summed E-state index contributed by atoms with van der Waals surface area (Å²) in [5.74, 6) is 1.60. The van der Waals surface area contributed by atoms with Crippen molar-refractivity contribution in [3.63, 3.8) is 0 Å². The Labute approximate surface area is 94.5 Å². The Morgan fingerprint density at radius 1 is 1.20 bits per heavy atom. The Balaban J connectivity index is 0.000000921. The molecule has 0 unspecified atom stereocenters. The smallest absolute Gasteiger partial charge is 0.125 e. The van der Waals surface area contributed by atoms with Crippen LogP contribution in [0.5, 0.6) is 5.75 Å². The van der Waals surface area contributed by atoms with Gasteiger partial charge in [-0.05, 0) is 23.5 Å². The molecule has 0 saturated heterocycles. The molecule has 1 nitrogen and oxygen atoms in total. The second kappa shape index (κ2) is 7.33. The van der Waals surface area contributed by atoms with E-state index in [1.165, 1.54) is 11.1 Å². The van der Waals surface area contributed by atoms with Gasteiger partial charge in [0.25, 0.3) is 0 Å². The molecule has 1 aromatic carbocycles. The second-order valence-corrected chi connectivity index (χ2v) is 3.55. The highest BCUT2D eigenvalue weighted by Gasteiger charge is 2.09. The van der Waals surface area contributed by atoms with Crippen molar-refractivity contribution in [2.45, 2.75) is 47.0 Å². The molecular weight excluding hydrogens is 184 g/mol. The number of rotatable bonds is 3. The highest BCUT2D eigenvalue weighted by molar-refractivity contribution is 5.43. The molecule has 0 radical (unpaired) electrons. The predicted octanol–water partition coefficient (Wildman–Crippen LogP) is 4.41. The first-order valence-electron chi connectivity index (χ1n) is 5.86. The Kier molecular flexibility index (Phi) is 6.85. The maximum atomic E-state index is 5.43. The van der Waals surface area contributed by atoms with Crippen molar-refractivity contribution in [3.05, 3.63) is 29.3 Å². The van der Waals surface area contributed by atoms with Gasteiger partial charge in [-0.2, -0.15) is 0 Å². The maximum Gasteiger partial charge on any atom is 0.125 e. The second-order valence-electron chi connectivity index (χ2n) is 3.55. The molecule has 86 valence electrons. The summed E-state index contributed by atoms with van der Waals surface area (Å²) in [5.41, 5.74) is 2.61. The molecule has 0 atom stereocenters. The van der Waals surface area contributed by atoms with Gasteiger partial charge in [-0.1, -0.05) is 52.8 Å². The summed E-state index contributed by atoms with van der Waals surface area (Å²) >= 11 is 0. The molecule has 15 heavy (non-hydrogen) atoms. The number of para-hydroxylation sites is 1. The van der Waals surface area contributed by atoms with Crippen molar-refractivity contribution < 1.29 is 4.74 Å². The standard InChI is InChI=1S/C12H18O.C2H6/c1-5-10-7-6-8-11(9(2)3)12(10)13-4;1-2/h6-9H,5H2,1-4H3;1-2H3. The van der Waals surface area contributed by atoms with Crippen LogP contribution in [0.2, 0.25) is 0 Å². The Morgan fingerprint density at radius 2 is 1.80 bits per heavy atom. The van der Waals surface area contributed by atoms with E-state index in [0.29, 0.717) is 5.92 Å². The van der Waals surface area contributed by atoms with Crippen LogP contribution in [-0.4, -0.2) is 7.11 Å². The molecule has 0 aliphatic heterocycles. The minimum absolute atomic E-state index is 0.529. The summed E-state index contributed by atoms with van der Waals surface area (Å²) in [5, 5.41) is 0. The van der Waals surface area contributed by atoms with Crippen LogP contribution < -0.4 is 4.74 Å². The topological polar surface area (TPSA) is 9.23 Å². The van der Waals surface area contributed by atoms with Crippen molar-refractivity contribution in [2.75, 3.05) is 7.11 Å². The molecule has 0 fully saturated rings. The number of ether oxygens (including phenoxy) is 1. The lowest BCUT2D eigenvalue weighted by atomic mass is 9.98. The Hall–Kier alpha value is -0.980. The summed E-state index contributed by atoms with van der Waals surface area (Å²) in [7, 11) is 1.75. The van der Waals surface area contributed by atoms with Crippen molar-refractivity contribution in [3.8, 4) is 5.75 Å². The lowest BCUT2D eigenvalue weighted by Crippen LogP contribution is -1.97. The minimum Gasteiger partial charge on any atom is -0.496 e. The molecule has 1 heteroatoms. The van der Waals surface area contributed by atoms with E-state index in [0.717, 1.165) is 12.2 Å². The van der Waals surface area contributed by atoms with Gasteiger partial charge in [0, 0.05) is 0 Å². The highest BCUT2D eigenvalue weighted by atomic mass is 16.5. The van der Waals surface area contributed by atoms with Crippen molar-refractivity contribution in [2.24, 2.45) is 0 Å². The lowest BCUT2D eigenvalue weighted by molar-refractivity contribution is 0.403. The number of aryl methyl sites for hydroxylation is 1. The number of hydrogen-bond donors (Lipinski definition) is 0. The Morgan fingerprint density at radius 3 is 2.20 bits per heavy atom. The van der Waals surface area contributed by atoms with Gasteiger partial charge < -0.3 is 4.74 Å². The number of hydrogen-bond acceptors (Lipinski definition) is 1. The van der Waals surface area contributed by atoms with E-state index in [2.05, 4.69) is 39.0 Å². The fraction of sp³-hybridized carbons (Fsp3) is 0.571. The molecule has 0 aliphatic carbocycles. The summed E-state index contributed by atoms with van der Waals surface area (Å²) < 4.78 is 5.43. The first kappa shape index (κ1) is 14.0. The van der Waals surface area contributed by atoms with Crippen molar-refractivity contribution >= 4 is 0 Å². The molecule has 1 aromatic rings. The molecule has 0 N–H and O–H groups in total. The van der Waals surface area contributed by atoms with Crippen LogP contribution in [0, 0.1) is 0 Å². The van der Waals surface area contributed by atoms with Crippen LogP contribution in [0.25, 0.3) is 0 Å². The zero-order valence-electron chi connectivity index (χ0n) is 10.9. The van der Waals surface area contributed by atoms with E-state index in [9.17, 15) is 0 Å². The molecule has 0 spiro atoms.